The van der Waals surface area contributed by atoms with Gasteiger partial charge in [-0.1, -0.05) is 35.4 Å². The second-order valence-corrected chi connectivity index (χ2v) is 11.5. The molecule has 0 saturated heterocycles. The molecule has 0 spiro atoms. The first-order valence-electron chi connectivity index (χ1n) is 13.3. The maximum Gasteiger partial charge on any atom is 0.264 e. The van der Waals surface area contributed by atoms with Crippen molar-refractivity contribution in [1.29, 1.82) is 0 Å². The summed E-state index contributed by atoms with van der Waals surface area (Å²) >= 11 is 0. The molecule has 10 nitrogen and oxygen atoms in total. The van der Waals surface area contributed by atoms with Gasteiger partial charge in [0.05, 0.1) is 23.9 Å². The third-order valence-electron chi connectivity index (χ3n) is 6.24. The van der Waals surface area contributed by atoms with E-state index in [9.17, 15) is 18.0 Å². The molecular formula is C32H32N4O6S. The van der Waals surface area contributed by atoms with Gasteiger partial charge >= 0.3 is 0 Å². The summed E-state index contributed by atoms with van der Waals surface area (Å²) in [7, 11) is -2.45. The molecule has 2 amide bonds. The molecule has 0 saturated carbocycles. The summed E-state index contributed by atoms with van der Waals surface area (Å²) in [5.74, 6) is 0.228. The highest BCUT2D eigenvalue weighted by molar-refractivity contribution is 7.92. The topological polar surface area (TPSA) is 126 Å². The fraction of sp³-hybridized carbons (Fsp3) is 0.156. The number of carbonyl (C=O) groups excluding carboxylic acids is 2. The van der Waals surface area contributed by atoms with E-state index in [2.05, 4.69) is 15.8 Å². The lowest BCUT2D eigenvalue weighted by Gasteiger charge is -2.24. The van der Waals surface area contributed by atoms with E-state index in [1.807, 2.05) is 13.8 Å². The zero-order chi connectivity index (χ0) is 30.8. The van der Waals surface area contributed by atoms with Crippen molar-refractivity contribution < 1.29 is 27.5 Å². The first kappa shape index (κ1) is 30.8. The lowest BCUT2D eigenvalue weighted by Crippen LogP contribution is -2.39. The number of methoxy groups -OCH3 is 1. The Morgan fingerprint density at radius 3 is 1.98 bits per heavy atom. The van der Waals surface area contributed by atoms with Gasteiger partial charge in [-0.25, -0.2) is 13.8 Å². The average molecular weight is 601 g/mol. The standard InChI is InChI=1S/C32H32N4O6S/c1-23-4-12-27(13-5-23)36(43(39,40)30-18-6-24(2)7-19-30)21-31(37)35-33-20-25-8-14-29(15-9-25)42-22-32(38)34-26-10-16-28(41-3)17-11-26/h4-20H,21-22H2,1-3H3,(H,34,38)(H,35,37)/b33-20-. The average Bonchev–Trinajstić information content (AvgIpc) is 3.00. The van der Waals surface area contributed by atoms with E-state index in [1.54, 1.807) is 92.0 Å². The summed E-state index contributed by atoms with van der Waals surface area (Å²) < 4.78 is 38.6. The maximum atomic E-state index is 13.5. The molecule has 2 N–H and O–H groups in total. The number of hydrazone groups is 1. The monoisotopic (exact) mass is 600 g/mol. The number of carbonyl (C=O) groups is 2. The highest BCUT2D eigenvalue weighted by Crippen LogP contribution is 2.24. The molecule has 0 heterocycles. The molecule has 0 bridgehead atoms. The SMILES string of the molecule is COc1ccc(NC(=O)COc2ccc(/C=N\NC(=O)CN(c3ccc(C)cc3)S(=O)(=O)c3ccc(C)cc3)cc2)cc1. The Morgan fingerprint density at radius 2 is 1.37 bits per heavy atom. The molecule has 4 rings (SSSR count). The Hall–Kier alpha value is -5.16. The number of aryl methyl sites for hydroxylation is 2. The summed E-state index contributed by atoms with van der Waals surface area (Å²) in [5, 5.41) is 6.71. The van der Waals surface area contributed by atoms with Gasteiger partial charge in [-0.2, -0.15) is 5.10 Å². The summed E-state index contributed by atoms with van der Waals surface area (Å²) in [6, 6.07) is 27.0. The van der Waals surface area contributed by atoms with E-state index in [0.717, 1.165) is 15.4 Å². The molecule has 0 fully saturated rings. The molecule has 0 aliphatic rings. The Kier molecular flexibility index (Phi) is 10.1. The van der Waals surface area contributed by atoms with Crippen LogP contribution in [0.2, 0.25) is 0 Å². The van der Waals surface area contributed by atoms with E-state index in [-0.39, 0.29) is 17.4 Å². The second kappa shape index (κ2) is 14.1. The van der Waals surface area contributed by atoms with E-state index in [0.29, 0.717) is 28.4 Å². The lowest BCUT2D eigenvalue weighted by molar-refractivity contribution is -0.119. The molecule has 0 unspecified atom stereocenters. The Labute approximate surface area is 251 Å². The molecule has 0 atom stereocenters. The number of amides is 2. The van der Waals surface area contributed by atoms with Gasteiger partial charge in [-0.15, -0.1) is 0 Å². The van der Waals surface area contributed by atoms with Crippen LogP contribution in [0.25, 0.3) is 0 Å². The molecule has 11 heteroatoms. The highest BCUT2D eigenvalue weighted by Gasteiger charge is 2.27. The summed E-state index contributed by atoms with van der Waals surface area (Å²) in [5.41, 5.74) is 5.90. The normalized spacial score (nSPS) is 11.1. The summed E-state index contributed by atoms with van der Waals surface area (Å²) in [6.45, 7) is 3.11. The summed E-state index contributed by atoms with van der Waals surface area (Å²) in [4.78, 5) is 25.0. The Balaban J connectivity index is 1.33. The second-order valence-electron chi connectivity index (χ2n) is 9.59. The quantitative estimate of drug-likeness (QED) is 0.180. The van der Waals surface area contributed by atoms with Gasteiger partial charge in [0.1, 0.15) is 18.0 Å². The minimum Gasteiger partial charge on any atom is -0.497 e. The molecule has 43 heavy (non-hydrogen) atoms. The predicted octanol–water partition coefficient (Wildman–Crippen LogP) is 4.68. The molecule has 4 aromatic rings. The van der Waals surface area contributed by atoms with Crippen LogP contribution in [-0.4, -0.2) is 46.7 Å². The van der Waals surface area contributed by atoms with E-state index in [4.69, 9.17) is 9.47 Å². The number of nitrogens with zero attached hydrogens (tertiary/aromatic N) is 2. The fourth-order valence-electron chi connectivity index (χ4n) is 3.88. The molecule has 4 aromatic carbocycles. The van der Waals surface area contributed by atoms with E-state index < -0.39 is 22.5 Å². The fourth-order valence-corrected chi connectivity index (χ4v) is 5.30. The third kappa shape index (κ3) is 8.66. The van der Waals surface area contributed by atoms with Crippen LogP contribution >= 0.6 is 0 Å². The van der Waals surface area contributed by atoms with Crippen LogP contribution in [0.15, 0.2) is 107 Å². The van der Waals surface area contributed by atoms with Crippen molar-refractivity contribution in [3.05, 3.63) is 114 Å². The van der Waals surface area contributed by atoms with Crippen LogP contribution in [0.1, 0.15) is 16.7 Å². The largest absolute Gasteiger partial charge is 0.497 e. The smallest absolute Gasteiger partial charge is 0.264 e. The molecule has 222 valence electrons. The van der Waals surface area contributed by atoms with E-state index >= 15 is 0 Å². The van der Waals surface area contributed by atoms with Gasteiger partial charge in [0, 0.05) is 5.69 Å². The number of benzene rings is 4. The first-order valence-corrected chi connectivity index (χ1v) is 14.7. The molecule has 0 aliphatic carbocycles. The van der Waals surface area contributed by atoms with Crippen LogP contribution < -0.4 is 24.5 Å². The molecular weight excluding hydrogens is 568 g/mol. The van der Waals surface area contributed by atoms with Gasteiger partial charge in [0.15, 0.2) is 6.61 Å². The number of sulfonamides is 1. The maximum absolute atomic E-state index is 13.5. The number of hydrogen-bond donors (Lipinski definition) is 2. The van der Waals surface area contributed by atoms with Gasteiger partial charge in [0.25, 0.3) is 21.8 Å². The minimum absolute atomic E-state index is 0.0792. The minimum atomic E-state index is -4.02. The van der Waals surface area contributed by atoms with Crippen molar-refractivity contribution in [2.75, 3.05) is 29.9 Å². The van der Waals surface area contributed by atoms with Crippen molar-refractivity contribution in [2.45, 2.75) is 18.7 Å². The summed E-state index contributed by atoms with van der Waals surface area (Å²) in [6.07, 6.45) is 1.42. The van der Waals surface area contributed by atoms with Crippen molar-refractivity contribution in [2.24, 2.45) is 5.10 Å². The number of rotatable bonds is 12. The number of nitrogens with one attached hydrogen (secondary N) is 2. The van der Waals surface area contributed by atoms with Gasteiger partial charge < -0.3 is 14.8 Å². The van der Waals surface area contributed by atoms with Crippen molar-refractivity contribution in [3.63, 3.8) is 0 Å². The van der Waals surface area contributed by atoms with Gasteiger partial charge in [0.2, 0.25) is 0 Å². The van der Waals surface area contributed by atoms with Gasteiger partial charge in [-0.3, -0.25) is 13.9 Å². The highest BCUT2D eigenvalue weighted by atomic mass is 32.2. The van der Waals surface area contributed by atoms with Crippen LogP contribution in [0.5, 0.6) is 11.5 Å². The zero-order valence-electron chi connectivity index (χ0n) is 24.0. The zero-order valence-corrected chi connectivity index (χ0v) is 24.8. The van der Waals surface area contributed by atoms with Crippen LogP contribution in [-0.2, 0) is 19.6 Å². The molecule has 0 aliphatic heterocycles. The predicted molar refractivity (Wildman–Crippen MR) is 166 cm³/mol. The van der Waals surface area contributed by atoms with Gasteiger partial charge in [-0.05, 0) is 92.2 Å². The Morgan fingerprint density at radius 1 is 0.791 bits per heavy atom. The van der Waals surface area contributed by atoms with Crippen molar-refractivity contribution >= 4 is 39.4 Å². The number of ether oxygens (including phenoxy) is 2. The van der Waals surface area contributed by atoms with E-state index in [1.165, 1.54) is 18.3 Å². The Bertz CT molecular complexity index is 1670. The third-order valence-corrected chi connectivity index (χ3v) is 8.03. The van der Waals surface area contributed by atoms with Crippen molar-refractivity contribution in [3.8, 4) is 11.5 Å². The van der Waals surface area contributed by atoms with Crippen LogP contribution in [0.4, 0.5) is 11.4 Å². The number of anilines is 2. The molecule has 0 radical (unpaired) electrons. The first-order chi connectivity index (χ1) is 20.6. The molecule has 0 aromatic heterocycles. The lowest BCUT2D eigenvalue weighted by atomic mass is 10.2. The van der Waals surface area contributed by atoms with Crippen LogP contribution in [0, 0.1) is 13.8 Å². The van der Waals surface area contributed by atoms with Crippen molar-refractivity contribution in [1.82, 2.24) is 5.43 Å². The number of hydrogen-bond acceptors (Lipinski definition) is 7. The van der Waals surface area contributed by atoms with Crippen LogP contribution in [0.3, 0.4) is 0 Å².